The number of ether oxygens (including phenoxy) is 1. The van der Waals surface area contributed by atoms with Crippen molar-refractivity contribution in [1.82, 2.24) is 35.5 Å². The van der Waals surface area contributed by atoms with E-state index in [2.05, 4.69) is 81.3 Å². The highest BCUT2D eigenvalue weighted by atomic mass is 16.5. The highest BCUT2D eigenvalue weighted by Gasteiger charge is 2.37. The lowest BCUT2D eigenvalue weighted by molar-refractivity contribution is -0.135. The summed E-state index contributed by atoms with van der Waals surface area (Å²) in [5.41, 5.74) is 6.38. The summed E-state index contributed by atoms with van der Waals surface area (Å²) in [6, 6.07) is 20.9. The van der Waals surface area contributed by atoms with E-state index in [1.54, 1.807) is 0 Å². The van der Waals surface area contributed by atoms with Gasteiger partial charge in [-0.3, -0.25) is 4.79 Å². The minimum atomic E-state index is -0.665. The van der Waals surface area contributed by atoms with E-state index in [0.717, 1.165) is 65.5 Å². The average Bonchev–Trinajstić information content (AvgIpc) is 3.93. The van der Waals surface area contributed by atoms with Crippen molar-refractivity contribution in [3.63, 3.8) is 0 Å². The highest BCUT2D eigenvalue weighted by Crippen LogP contribution is 2.37. The van der Waals surface area contributed by atoms with Crippen LogP contribution in [0.15, 0.2) is 73.1 Å². The van der Waals surface area contributed by atoms with E-state index in [9.17, 15) is 9.59 Å². The Hall–Kier alpha value is -4.96. The standard InChI is InChI=1S/C37H41N7O3/c1-22(2)33(43-37(46)47-3)36(45)44-19-7-11-32(44)35-40-20-30(41-35)24-14-12-23(13-15-24)25-16-17-28(27-9-5-4-8-26(25)27)31-21-39-34(42-31)29-10-6-18-38-29/h4-5,8-9,12-17,20-22,29,32-33,38H,6-7,10-11,18-19H2,1-3H3,(H,39,42)(H,40,41)(H,43,46). The Labute approximate surface area is 274 Å². The molecule has 2 saturated heterocycles. The normalized spacial score (nSPS) is 18.6. The van der Waals surface area contributed by atoms with Crippen molar-refractivity contribution in [1.29, 1.82) is 0 Å². The number of alkyl carbamates (subject to hydrolysis) is 1. The van der Waals surface area contributed by atoms with Crippen molar-refractivity contribution >= 4 is 22.8 Å². The van der Waals surface area contributed by atoms with Crippen LogP contribution in [0.5, 0.6) is 0 Å². The molecule has 7 rings (SSSR count). The molecule has 242 valence electrons. The molecule has 0 saturated carbocycles. The second-order valence-corrected chi connectivity index (χ2v) is 12.8. The van der Waals surface area contributed by atoms with E-state index >= 15 is 0 Å². The Morgan fingerprint density at radius 2 is 1.53 bits per heavy atom. The number of hydrogen-bond donors (Lipinski definition) is 4. The molecule has 3 aromatic carbocycles. The molecule has 4 heterocycles. The zero-order chi connectivity index (χ0) is 32.5. The van der Waals surface area contributed by atoms with Gasteiger partial charge in [0, 0.05) is 12.1 Å². The maximum Gasteiger partial charge on any atom is 0.407 e. The Morgan fingerprint density at radius 3 is 2.26 bits per heavy atom. The third kappa shape index (κ3) is 6.01. The van der Waals surface area contributed by atoms with Crippen LogP contribution in [-0.4, -0.2) is 63.1 Å². The van der Waals surface area contributed by atoms with E-state index in [0.29, 0.717) is 12.6 Å². The summed E-state index contributed by atoms with van der Waals surface area (Å²) in [6.07, 6.45) is 7.14. The topological polar surface area (TPSA) is 128 Å². The molecule has 0 aliphatic carbocycles. The number of aromatic nitrogens is 4. The van der Waals surface area contributed by atoms with Gasteiger partial charge in [0.15, 0.2) is 0 Å². The SMILES string of the molecule is COC(=O)NC(C(=O)N1CCCC1c1ncc(-c2ccc(-c3ccc(-c4cnc(C5CCCN5)[nH]4)c4ccccc34)cc2)[nH]1)C(C)C. The average molecular weight is 632 g/mol. The molecule has 10 heteroatoms. The van der Waals surface area contributed by atoms with Gasteiger partial charge in [-0.15, -0.1) is 0 Å². The maximum absolute atomic E-state index is 13.5. The van der Waals surface area contributed by atoms with Crippen LogP contribution >= 0.6 is 0 Å². The van der Waals surface area contributed by atoms with E-state index in [4.69, 9.17) is 14.7 Å². The molecule has 3 unspecified atom stereocenters. The van der Waals surface area contributed by atoms with Gasteiger partial charge in [0.1, 0.15) is 17.7 Å². The van der Waals surface area contributed by atoms with E-state index in [1.807, 2.05) is 31.1 Å². The summed E-state index contributed by atoms with van der Waals surface area (Å²) >= 11 is 0. The molecule has 0 bridgehead atoms. The highest BCUT2D eigenvalue weighted by molar-refractivity contribution is 6.04. The van der Waals surface area contributed by atoms with Crippen molar-refractivity contribution in [2.24, 2.45) is 5.92 Å². The monoisotopic (exact) mass is 631 g/mol. The molecule has 0 spiro atoms. The van der Waals surface area contributed by atoms with Crippen molar-refractivity contribution in [3.05, 3.63) is 84.7 Å². The first-order valence-corrected chi connectivity index (χ1v) is 16.5. The molecule has 0 radical (unpaired) electrons. The van der Waals surface area contributed by atoms with Crippen molar-refractivity contribution in [2.45, 2.75) is 57.7 Å². The molecule has 2 aromatic heterocycles. The number of carbonyl (C=O) groups excluding carboxylic acids is 2. The van der Waals surface area contributed by atoms with Crippen LogP contribution in [0.3, 0.4) is 0 Å². The maximum atomic E-state index is 13.5. The first-order valence-electron chi connectivity index (χ1n) is 16.5. The summed E-state index contributed by atoms with van der Waals surface area (Å²) in [5.74, 6) is 1.56. The minimum Gasteiger partial charge on any atom is -0.453 e. The van der Waals surface area contributed by atoms with E-state index in [-0.39, 0.29) is 17.9 Å². The zero-order valence-corrected chi connectivity index (χ0v) is 27.0. The number of aromatic amines is 2. The lowest BCUT2D eigenvalue weighted by Crippen LogP contribution is -2.51. The fraction of sp³-hybridized carbons (Fsp3) is 0.351. The first kappa shape index (κ1) is 30.7. The second-order valence-electron chi connectivity index (χ2n) is 12.8. The van der Waals surface area contributed by atoms with Gasteiger partial charge in [0.2, 0.25) is 5.91 Å². The van der Waals surface area contributed by atoms with Crippen molar-refractivity contribution in [3.8, 4) is 33.6 Å². The lowest BCUT2D eigenvalue weighted by Gasteiger charge is -2.30. The Kier molecular flexibility index (Phi) is 8.51. The quantitative estimate of drug-likeness (QED) is 0.150. The fourth-order valence-electron chi connectivity index (χ4n) is 7.03. The fourth-order valence-corrected chi connectivity index (χ4v) is 7.03. The summed E-state index contributed by atoms with van der Waals surface area (Å²) < 4.78 is 4.76. The number of fused-ring (bicyclic) bond motifs is 1. The minimum absolute atomic E-state index is 0.0840. The molecule has 2 amide bonds. The number of amides is 2. The van der Waals surface area contributed by atoms with Crippen molar-refractivity contribution < 1.29 is 14.3 Å². The van der Waals surface area contributed by atoms with Gasteiger partial charge in [-0.05, 0) is 65.6 Å². The molecular formula is C37H41N7O3. The van der Waals surface area contributed by atoms with Gasteiger partial charge in [0.25, 0.3) is 0 Å². The Bertz CT molecular complexity index is 1890. The van der Waals surface area contributed by atoms with Crippen LogP contribution in [0.1, 0.15) is 63.3 Å². The summed E-state index contributed by atoms with van der Waals surface area (Å²) in [6.45, 7) is 5.49. The van der Waals surface area contributed by atoms with Crippen LogP contribution in [0.2, 0.25) is 0 Å². The summed E-state index contributed by atoms with van der Waals surface area (Å²) in [5, 5.41) is 8.60. The molecule has 3 atom stereocenters. The van der Waals surface area contributed by atoms with Gasteiger partial charge >= 0.3 is 6.09 Å². The lowest BCUT2D eigenvalue weighted by atomic mass is 9.93. The van der Waals surface area contributed by atoms with Gasteiger partial charge in [-0.2, -0.15) is 0 Å². The summed E-state index contributed by atoms with van der Waals surface area (Å²) in [4.78, 5) is 43.7. The Balaban J connectivity index is 1.11. The van der Waals surface area contributed by atoms with Crippen molar-refractivity contribution in [2.75, 3.05) is 20.2 Å². The van der Waals surface area contributed by atoms with Crippen LogP contribution < -0.4 is 10.6 Å². The van der Waals surface area contributed by atoms with Crippen LogP contribution in [0, 0.1) is 5.92 Å². The Morgan fingerprint density at radius 1 is 0.851 bits per heavy atom. The predicted octanol–water partition coefficient (Wildman–Crippen LogP) is 6.76. The molecule has 47 heavy (non-hydrogen) atoms. The van der Waals surface area contributed by atoms with Gasteiger partial charge < -0.3 is 30.2 Å². The first-order chi connectivity index (χ1) is 22.9. The molecule has 5 aromatic rings. The number of nitrogens with one attached hydrogen (secondary N) is 4. The van der Waals surface area contributed by atoms with Gasteiger partial charge in [-0.25, -0.2) is 14.8 Å². The third-order valence-corrected chi connectivity index (χ3v) is 9.55. The van der Waals surface area contributed by atoms with Gasteiger partial charge in [-0.1, -0.05) is 74.5 Å². The van der Waals surface area contributed by atoms with Crippen LogP contribution in [-0.2, 0) is 9.53 Å². The molecule has 2 aliphatic heterocycles. The number of hydrogen-bond acceptors (Lipinski definition) is 6. The van der Waals surface area contributed by atoms with Crippen LogP contribution in [0.25, 0.3) is 44.4 Å². The van der Waals surface area contributed by atoms with E-state index < -0.39 is 12.1 Å². The molecule has 4 N–H and O–H groups in total. The number of H-pyrrole nitrogens is 2. The predicted molar refractivity (Wildman–Crippen MR) is 182 cm³/mol. The second kappa shape index (κ2) is 13.0. The number of carbonyl (C=O) groups is 2. The number of benzene rings is 3. The van der Waals surface area contributed by atoms with E-state index in [1.165, 1.54) is 29.9 Å². The molecule has 10 nitrogen and oxygen atoms in total. The molecular weight excluding hydrogens is 590 g/mol. The number of methoxy groups -OCH3 is 1. The zero-order valence-electron chi connectivity index (χ0n) is 27.0. The largest absolute Gasteiger partial charge is 0.453 e. The smallest absolute Gasteiger partial charge is 0.407 e. The number of likely N-dealkylation sites (tertiary alicyclic amines) is 1. The number of imidazole rings is 2. The number of rotatable bonds is 8. The number of nitrogens with zero attached hydrogens (tertiary/aromatic N) is 3. The summed E-state index contributed by atoms with van der Waals surface area (Å²) in [7, 11) is 1.30. The molecule has 2 fully saturated rings. The van der Waals surface area contributed by atoms with Gasteiger partial charge in [0.05, 0.1) is 43.0 Å². The third-order valence-electron chi connectivity index (χ3n) is 9.55. The molecule has 2 aliphatic rings. The van der Waals surface area contributed by atoms with Crippen LogP contribution in [0.4, 0.5) is 4.79 Å².